The first-order valence-electron chi connectivity index (χ1n) is 7.94. The molecule has 1 amide bonds. The van der Waals surface area contributed by atoms with Crippen LogP contribution in [-0.2, 0) is 9.53 Å². The Labute approximate surface area is 144 Å². The summed E-state index contributed by atoms with van der Waals surface area (Å²) in [5.74, 6) is -0.394. The SMILES string of the molecule is CCCOC1N=C(c2ccccc2)c2cc([N+](=O)[O-])ccc2NC1=O. The molecule has 2 aromatic rings. The summed E-state index contributed by atoms with van der Waals surface area (Å²) < 4.78 is 5.55. The Kier molecular flexibility index (Phi) is 4.85. The summed E-state index contributed by atoms with van der Waals surface area (Å²) in [6.07, 6.45) is -0.250. The normalized spacial score (nSPS) is 16.4. The second kappa shape index (κ2) is 7.23. The number of non-ortho nitro benzene ring substituents is 1. The van der Waals surface area contributed by atoms with Gasteiger partial charge in [-0.1, -0.05) is 37.3 Å². The van der Waals surface area contributed by atoms with Crippen molar-refractivity contribution in [3.05, 3.63) is 69.8 Å². The highest BCUT2D eigenvalue weighted by molar-refractivity contribution is 6.19. The van der Waals surface area contributed by atoms with Crippen molar-refractivity contribution >= 4 is 23.0 Å². The standard InChI is InChI=1S/C18H17N3O4/c1-2-10-25-18-17(22)19-15-9-8-13(21(23)24)11-14(15)16(20-18)12-6-4-3-5-7-12/h3-9,11,18H,2,10H2,1H3,(H,19,22). The molecule has 0 aromatic heterocycles. The van der Waals surface area contributed by atoms with Crippen LogP contribution < -0.4 is 5.32 Å². The zero-order chi connectivity index (χ0) is 17.8. The molecule has 0 spiro atoms. The molecule has 0 fully saturated rings. The average molecular weight is 339 g/mol. The molecule has 0 saturated heterocycles. The van der Waals surface area contributed by atoms with E-state index in [1.807, 2.05) is 37.3 Å². The van der Waals surface area contributed by atoms with Crippen LogP contribution >= 0.6 is 0 Å². The fourth-order valence-corrected chi connectivity index (χ4v) is 2.56. The van der Waals surface area contributed by atoms with Gasteiger partial charge < -0.3 is 10.1 Å². The van der Waals surface area contributed by atoms with Crippen LogP contribution in [0.2, 0.25) is 0 Å². The molecular weight excluding hydrogens is 322 g/mol. The number of anilines is 1. The number of carbonyl (C=O) groups is 1. The number of ether oxygens (including phenoxy) is 1. The van der Waals surface area contributed by atoms with E-state index < -0.39 is 17.1 Å². The van der Waals surface area contributed by atoms with E-state index >= 15 is 0 Å². The number of benzene rings is 2. The van der Waals surface area contributed by atoms with Gasteiger partial charge in [0.2, 0.25) is 6.23 Å². The Balaban J connectivity index is 2.16. The Bertz CT molecular complexity index is 833. The van der Waals surface area contributed by atoms with Crippen LogP contribution in [0.5, 0.6) is 0 Å². The number of nitrogens with one attached hydrogen (secondary N) is 1. The lowest BCUT2D eigenvalue weighted by Crippen LogP contribution is -2.28. The van der Waals surface area contributed by atoms with Crippen molar-refractivity contribution in [1.82, 2.24) is 0 Å². The lowest BCUT2D eigenvalue weighted by atomic mass is 10.00. The molecule has 7 heteroatoms. The number of rotatable bonds is 5. The number of hydrogen-bond donors (Lipinski definition) is 1. The van der Waals surface area contributed by atoms with Gasteiger partial charge in [0.1, 0.15) is 0 Å². The monoisotopic (exact) mass is 339 g/mol. The van der Waals surface area contributed by atoms with Crippen molar-refractivity contribution < 1.29 is 14.5 Å². The maximum Gasteiger partial charge on any atom is 0.276 e. The number of nitro groups is 1. The first kappa shape index (κ1) is 16.8. The second-order valence-electron chi connectivity index (χ2n) is 5.54. The minimum Gasteiger partial charge on any atom is -0.348 e. The van der Waals surface area contributed by atoms with E-state index in [-0.39, 0.29) is 5.69 Å². The summed E-state index contributed by atoms with van der Waals surface area (Å²) in [4.78, 5) is 27.5. The van der Waals surface area contributed by atoms with Gasteiger partial charge in [-0.25, -0.2) is 4.99 Å². The Morgan fingerprint density at radius 2 is 2.00 bits per heavy atom. The molecule has 0 aliphatic carbocycles. The van der Waals surface area contributed by atoms with E-state index in [1.165, 1.54) is 18.2 Å². The van der Waals surface area contributed by atoms with Gasteiger partial charge in [-0.3, -0.25) is 14.9 Å². The maximum atomic E-state index is 12.4. The number of benzodiazepines with no additional fused rings is 1. The highest BCUT2D eigenvalue weighted by atomic mass is 16.6. The highest BCUT2D eigenvalue weighted by Crippen LogP contribution is 2.28. The van der Waals surface area contributed by atoms with E-state index in [0.29, 0.717) is 23.6 Å². The number of hydrogen-bond acceptors (Lipinski definition) is 5. The van der Waals surface area contributed by atoms with Crippen molar-refractivity contribution in [3.63, 3.8) is 0 Å². The van der Waals surface area contributed by atoms with Gasteiger partial charge >= 0.3 is 0 Å². The topological polar surface area (TPSA) is 93.8 Å². The zero-order valence-corrected chi connectivity index (χ0v) is 13.6. The van der Waals surface area contributed by atoms with Gasteiger partial charge in [0.25, 0.3) is 11.6 Å². The van der Waals surface area contributed by atoms with Crippen LogP contribution in [0.4, 0.5) is 11.4 Å². The number of nitro benzene ring substituents is 1. The lowest BCUT2D eigenvalue weighted by molar-refractivity contribution is -0.384. The molecule has 1 aliphatic heterocycles. The number of aliphatic imine (C=N–C) groups is 1. The van der Waals surface area contributed by atoms with Crippen LogP contribution in [0.3, 0.4) is 0 Å². The molecular formula is C18H17N3O4. The molecule has 1 aliphatic rings. The third kappa shape index (κ3) is 3.56. The summed E-state index contributed by atoms with van der Waals surface area (Å²) in [6, 6.07) is 13.5. The lowest BCUT2D eigenvalue weighted by Gasteiger charge is -2.11. The third-order valence-electron chi connectivity index (χ3n) is 3.72. The molecule has 0 radical (unpaired) electrons. The van der Waals surface area contributed by atoms with Crippen LogP contribution in [0.25, 0.3) is 0 Å². The fourth-order valence-electron chi connectivity index (χ4n) is 2.56. The molecule has 0 saturated carbocycles. The molecule has 1 unspecified atom stereocenters. The van der Waals surface area contributed by atoms with Crippen LogP contribution in [-0.4, -0.2) is 29.4 Å². The number of nitrogens with zero attached hydrogens (tertiary/aromatic N) is 2. The molecule has 1 heterocycles. The highest BCUT2D eigenvalue weighted by Gasteiger charge is 2.27. The summed E-state index contributed by atoms with van der Waals surface area (Å²) in [6.45, 7) is 2.33. The van der Waals surface area contributed by atoms with Crippen LogP contribution in [0, 0.1) is 10.1 Å². The Morgan fingerprint density at radius 3 is 2.68 bits per heavy atom. The van der Waals surface area contributed by atoms with Gasteiger partial charge in [-0.15, -0.1) is 0 Å². The van der Waals surface area contributed by atoms with E-state index in [1.54, 1.807) is 0 Å². The Morgan fingerprint density at radius 1 is 1.24 bits per heavy atom. The van der Waals surface area contributed by atoms with Gasteiger partial charge in [0.15, 0.2) is 0 Å². The number of fused-ring (bicyclic) bond motifs is 1. The van der Waals surface area contributed by atoms with Crippen molar-refractivity contribution in [2.45, 2.75) is 19.6 Å². The fraction of sp³-hybridized carbons (Fsp3) is 0.222. The van der Waals surface area contributed by atoms with Gasteiger partial charge in [0.05, 0.1) is 16.3 Å². The Hall–Kier alpha value is -3.06. The van der Waals surface area contributed by atoms with Crippen LogP contribution in [0.1, 0.15) is 24.5 Å². The molecule has 25 heavy (non-hydrogen) atoms. The predicted molar refractivity (Wildman–Crippen MR) is 93.8 cm³/mol. The van der Waals surface area contributed by atoms with Gasteiger partial charge in [-0.2, -0.15) is 0 Å². The molecule has 128 valence electrons. The third-order valence-corrected chi connectivity index (χ3v) is 3.72. The predicted octanol–water partition coefficient (Wildman–Crippen LogP) is 3.14. The smallest absolute Gasteiger partial charge is 0.276 e. The molecule has 1 atom stereocenters. The number of carbonyl (C=O) groups excluding carboxylic acids is 1. The maximum absolute atomic E-state index is 12.4. The van der Waals surface area contributed by atoms with Gasteiger partial charge in [0, 0.05) is 29.9 Å². The van der Waals surface area contributed by atoms with Crippen molar-refractivity contribution in [1.29, 1.82) is 0 Å². The molecule has 2 aromatic carbocycles. The summed E-state index contributed by atoms with van der Waals surface area (Å²) in [7, 11) is 0. The van der Waals surface area contributed by atoms with Crippen molar-refractivity contribution in [2.75, 3.05) is 11.9 Å². The molecule has 7 nitrogen and oxygen atoms in total. The van der Waals surface area contributed by atoms with E-state index in [9.17, 15) is 14.9 Å². The second-order valence-corrected chi connectivity index (χ2v) is 5.54. The summed E-state index contributed by atoms with van der Waals surface area (Å²) >= 11 is 0. The van der Waals surface area contributed by atoms with Crippen molar-refractivity contribution in [2.24, 2.45) is 4.99 Å². The molecule has 0 bridgehead atoms. The zero-order valence-electron chi connectivity index (χ0n) is 13.6. The van der Waals surface area contributed by atoms with Gasteiger partial charge in [-0.05, 0) is 12.5 Å². The first-order valence-corrected chi connectivity index (χ1v) is 7.94. The molecule has 3 rings (SSSR count). The number of amides is 1. The molecule has 1 N–H and O–H groups in total. The van der Waals surface area contributed by atoms with E-state index in [2.05, 4.69) is 10.3 Å². The quantitative estimate of drug-likeness (QED) is 0.669. The van der Waals surface area contributed by atoms with Crippen molar-refractivity contribution in [3.8, 4) is 0 Å². The first-order chi connectivity index (χ1) is 12.1. The van der Waals surface area contributed by atoms with Crippen LogP contribution in [0.15, 0.2) is 53.5 Å². The minimum atomic E-state index is -0.999. The average Bonchev–Trinajstić information content (AvgIpc) is 2.76. The largest absolute Gasteiger partial charge is 0.348 e. The van der Waals surface area contributed by atoms with E-state index in [0.717, 1.165) is 12.0 Å². The van der Waals surface area contributed by atoms with E-state index in [4.69, 9.17) is 4.74 Å². The minimum absolute atomic E-state index is 0.0652. The summed E-state index contributed by atoms with van der Waals surface area (Å²) in [5.41, 5.74) is 2.14. The summed E-state index contributed by atoms with van der Waals surface area (Å²) in [5, 5.41) is 13.9.